The van der Waals surface area contributed by atoms with Gasteiger partial charge < -0.3 is 16.0 Å². The minimum atomic E-state index is -0.573. The normalized spacial score (nSPS) is 14.6. The number of piperidine rings is 1. The van der Waals surface area contributed by atoms with Crippen LogP contribution in [0.4, 0.5) is 11.4 Å². The van der Waals surface area contributed by atoms with Crippen molar-refractivity contribution in [2.24, 2.45) is 11.7 Å². The van der Waals surface area contributed by atoms with E-state index in [1.165, 1.54) is 12.1 Å². The van der Waals surface area contributed by atoms with E-state index in [1.54, 1.807) is 18.2 Å². The highest BCUT2D eigenvalue weighted by Gasteiger charge is 2.25. The Balaban J connectivity index is 1.60. The van der Waals surface area contributed by atoms with Crippen molar-refractivity contribution in [1.82, 2.24) is 0 Å². The number of carbonyl (C=O) groups excluding carboxylic acids is 3. The molecule has 2 aromatic carbocycles. The standard InChI is InChI=1S/C20H20ClN3O3/c21-17-6-3-15(19(22)26)11-18(17)23-20(27)14-7-9-24(10-8-14)16-4-1-13(12-25)2-5-16/h1-6,11-12,14H,7-10H2,(H2,22,26)(H,23,27). The van der Waals surface area contributed by atoms with E-state index >= 15 is 0 Å². The highest BCUT2D eigenvalue weighted by atomic mass is 35.5. The van der Waals surface area contributed by atoms with Gasteiger partial charge in [-0.25, -0.2) is 0 Å². The van der Waals surface area contributed by atoms with E-state index in [9.17, 15) is 14.4 Å². The van der Waals surface area contributed by atoms with Crippen molar-refractivity contribution in [2.45, 2.75) is 12.8 Å². The molecule has 7 heteroatoms. The van der Waals surface area contributed by atoms with E-state index in [0.717, 1.165) is 25.1 Å². The first-order valence-corrected chi connectivity index (χ1v) is 9.06. The number of halogens is 1. The second kappa shape index (κ2) is 8.22. The van der Waals surface area contributed by atoms with Gasteiger partial charge in [0, 0.05) is 35.8 Å². The quantitative estimate of drug-likeness (QED) is 0.773. The van der Waals surface area contributed by atoms with Gasteiger partial charge in [-0.2, -0.15) is 0 Å². The van der Waals surface area contributed by atoms with E-state index < -0.39 is 5.91 Å². The summed E-state index contributed by atoms with van der Waals surface area (Å²) in [5.41, 5.74) is 7.64. The van der Waals surface area contributed by atoms with Gasteiger partial charge in [-0.1, -0.05) is 11.6 Å². The summed E-state index contributed by atoms with van der Waals surface area (Å²) < 4.78 is 0. The number of aldehydes is 1. The number of nitrogens with zero attached hydrogens (tertiary/aromatic N) is 1. The van der Waals surface area contributed by atoms with Gasteiger partial charge in [-0.15, -0.1) is 0 Å². The second-order valence-electron chi connectivity index (χ2n) is 6.52. The first-order valence-electron chi connectivity index (χ1n) is 8.68. The summed E-state index contributed by atoms with van der Waals surface area (Å²) in [5.74, 6) is -0.825. The van der Waals surface area contributed by atoms with Crippen LogP contribution in [0.2, 0.25) is 5.02 Å². The zero-order chi connectivity index (χ0) is 19.4. The van der Waals surface area contributed by atoms with Crippen molar-refractivity contribution in [3.05, 3.63) is 58.6 Å². The van der Waals surface area contributed by atoms with Crippen molar-refractivity contribution >= 4 is 41.1 Å². The van der Waals surface area contributed by atoms with E-state index in [4.69, 9.17) is 17.3 Å². The SMILES string of the molecule is NC(=O)c1ccc(Cl)c(NC(=O)C2CCN(c3ccc(C=O)cc3)CC2)c1. The number of primary amides is 1. The van der Waals surface area contributed by atoms with Gasteiger partial charge in [-0.05, 0) is 55.3 Å². The van der Waals surface area contributed by atoms with Crippen molar-refractivity contribution in [2.75, 3.05) is 23.3 Å². The molecule has 2 aromatic rings. The second-order valence-corrected chi connectivity index (χ2v) is 6.93. The molecule has 2 amide bonds. The van der Waals surface area contributed by atoms with Crippen LogP contribution in [0.25, 0.3) is 0 Å². The monoisotopic (exact) mass is 385 g/mol. The first-order chi connectivity index (χ1) is 13.0. The van der Waals surface area contributed by atoms with Crippen molar-refractivity contribution in [3.8, 4) is 0 Å². The average Bonchev–Trinajstić information content (AvgIpc) is 2.69. The Morgan fingerprint density at radius 3 is 2.37 bits per heavy atom. The number of nitrogens with two attached hydrogens (primary N) is 1. The van der Waals surface area contributed by atoms with Gasteiger partial charge in [0.1, 0.15) is 6.29 Å². The van der Waals surface area contributed by atoms with Crippen LogP contribution in [0, 0.1) is 5.92 Å². The first kappa shape index (κ1) is 18.9. The third-order valence-corrected chi connectivity index (χ3v) is 5.10. The fraction of sp³-hybridized carbons (Fsp3) is 0.250. The molecule has 1 aliphatic heterocycles. The maximum atomic E-state index is 12.6. The Morgan fingerprint density at radius 1 is 1.11 bits per heavy atom. The lowest BCUT2D eigenvalue weighted by Crippen LogP contribution is -2.38. The van der Waals surface area contributed by atoms with Crippen LogP contribution in [0.3, 0.4) is 0 Å². The lowest BCUT2D eigenvalue weighted by atomic mass is 9.95. The molecule has 1 heterocycles. The minimum absolute atomic E-state index is 0.116. The average molecular weight is 386 g/mol. The molecular weight excluding hydrogens is 366 g/mol. The molecule has 1 fully saturated rings. The molecule has 1 saturated heterocycles. The van der Waals surface area contributed by atoms with Crippen LogP contribution in [0.15, 0.2) is 42.5 Å². The fourth-order valence-electron chi connectivity index (χ4n) is 3.17. The van der Waals surface area contributed by atoms with Crippen molar-refractivity contribution in [3.63, 3.8) is 0 Å². The zero-order valence-electron chi connectivity index (χ0n) is 14.7. The molecule has 0 bridgehead atoms. The van der Waals surface area contributed by atoms with Crippen molar-refractivity contribution < 1.29 is 14.4 Å². The summed E-state index contributed by atoms with van der Waals surface area (Å²) in [5, 5.41) is 3.17. The summed E-state index contributed by atoms with van der Waals surface area (Å²) in [4.78, 5) is 36.8. The highest BCUT2D eigenvalue weighted by Crippen LogP contribution is 2.27. The smallest absolute Gasteiger partial charge is 0.248 e. The lowest BCUT2D eigenvalue weighted by molar-refractivity contribution is -0.120. The number of amides is 2. The molecule has 0 saturated carbocycles. The molecule has 140 valence electrons. The summed E-state index contributed by atoms with van der Waals surface area (Å²) in [6.45, 7) is 1.49. The molecule has 0 aromatic heterocycles. The Labute approximate surface area is 162 Å². The summed E-state index contributed by atoms with van der Waals surface area (Å²) in [6, 6.07) is 12.0. The van der Waals surface area contributed by atoms with Crippen LogP contribution in [0.1, 0.15) is 33.6 Å². The highest BCUT2D eigenvalue weighted by molar-refractivity contribution is 6.33. The molecule has 0 unspecified atom stereocenters. The topological polar surface area (TPSA) is 92.5 Å². The predicted octanol–water partition coefficient (Wildman–Crippen LogP) is 3.11. The maximum absolute atomic E-state index is 12.6. The minimum Gasteiger partial charge on any atom is -0.371 e. The van der Waals surface area contributed by atoms with E-state index in [1.807, 2.05) is 12.1 Å². The Morgan fingerprint density at radius 2 is 1.78 bits per heavy atom. The van der Waals surface area contributed by atoms with E-state index in [-0.39, 0.29) is 11.8 Å². The third-order valence-electron chi connectivity index (χ3n) is 4.77. The molecule has 3 rings (SSSR count). The van der Waals surface area contributed by atoms with Crippen molar-refractivity contribution in [1.29, 1.82) is 0 Å². The van der Waals surface area contributed by atoms with E-state index in [2.05, 4.69) is 10.2 Å². The molecule has 0 aliphatic carbocycles. The summed E-state index contributed by atoms with van der Waals surface area (Å²) >= 11 is 6.11. The number of hydrogen-bond acceptors (Lipinski definition) is 4. The van der Waals surface area contributed by atoms with Crippen LogP contribution < -0.4 is 16.0 Å². The van der Waals surface area contributed by atoms with Gasteiger partial charge in [0.05, 0.1) is 10.7 Å². The molecule has 0 atom stereocenters. The number of carbonyl (C=O) groups is 3. The van der Waals surface area contributed by atoms with Gasteiger partial charge in [-0.3, -0.25) is 14.4 Å². The van der Waals surface area contributed by atoms with Crippen LogP contribution >= 0.6 is 11.6 Å². The van der Waals surface area contributed by atoms with Gasteiger partial charge in [0.15, 0.2) is 0 Å². The van der Waals surface area contributed by atoms with E-state index in [0.29, 0.717) is 34.7 Å². The Kier molecular flexibility index (Phi) is 5.76. The predicted molar refractivity (Wildman–Crippen MR) is 105 cm³/mol. The summed E-state index contributed by atoms with van der Waals surface area (Å²) in [6.07, 6.45) is 2.22. The zero-order valence-corrected chi connectivity index (χ0v) is 15.4. The molecule has 6 nitrogen and oxygen atoms in total. The Hall–Kier alpha value is -2.86. The number of anilines is 2. The molecule has 0 spiro atoms. The van der Waals surface area contributed by atoms with Gasteiger partial charge in [0.2, 0.25) is 11.8 Å². The van der Waals surface area contributed by atoms with Gasteiger partial charge >= 0.3 is 0 Å². The fourth-order valence-corrected chi connectivity index (χ4v) is 3.34. The Bertz CT molecular complexity index is 859. The summed E-state index contributed by atoms with van der Waals surface area (Å²) in [7, 11) is 0. The number of nitrogens with one attached hydrogen (secondary N) is 1. The third kappa shape index (κ3) is 4.46. The molecular formula is C20H20ClN3O3. The molecule has 3 N–H and O–H groups in total. The molecule has 27 heavy (non-hydrogen) atoms. The molecule has 0 radical (unpaired) electrons. The number of benzene rings is 2. The number of rotatable bonds is 5. The van der Waals surface area contributed by atoms with Crippen LogP contribution in [-0.4, -0.2) is 31.2 Å². The van der Waals surface area contributed by atoms with Gasteiger partial charge in [0.25, 0.3) is 0 Å². The maximum Gasteiger partial charge on any atom is 0.248 e. The largest absolute Gasteiger partial charge is 0.371 e. The molecule has 1 aliphatic rings. The van der Waals surface area contributed by atoms with Crippen LogP contribution in [0.5, 0.6) is 0 Å². The lowest BCUT2D eigenvalue weighted by Gasteiger charge is -2.33. The number of hydrogen-bond donors (Lipinski definition) is 2. The van der Waals surface area contributed by atoms with Crippen LogP contribution in [-0.2, 0) is 4.79 Å².